The molecule has 0 saturated carbocycles. The SMILES string of the molecule is COc1cc(/C=C2/SC(N3CCN(c4ccccc4)CC3)=NC2=O)ccc1OC(=O)c1cccs1. The molecule has 0 N–H and O–H groups in total. The van der Waals surface area contributed by atoms with Crippen molar-refractivity contribution < 1.29 is 19.1 Å². The number of amidine groups is 1. The number of methoxy groups -OCH3 is 1. The van der Waals surface area contributed by atoms with E-state index < -0.39 is 5.97 Å². The molecule has 3 aromatic rings. The third kappa shape index (κ3) is 5.26. The van der Waals surface area contributed by atoms with Gasteiger partial charge in [0.25, 0.3) is 5.91 Å². The maximum absolute atomic E-state index is 12.6. The number of piperazine rings is 1. The Kier molecular flexibility index (Phi) is 6.87. The fraction of sp³-hybridized carbons (Fsp3) is 0.192. The predicted molar refractivity (Wildman–Crippen MR) is 141 cm³/mol. The first-order valence-electron chi connectivity index (χ1n) is 11.1. The molecule has 2 aliphatic rings. The number of hydrogen-bond donors (Lipinski definition) is 0. The topological polar surface area (TPSA) is 71.4 Å². The van der Waals surface area contributed by atoms with E-state index in [2.05, 4.69) is 26.9 Å². The lowest BCUT2D eigenvalue weighted by atomic mass is 10.2. The number of ether oxygens (including phenoxy) is 2. The third-order valence-corrected chi connectivity index (χ3v) is 7.59. The van der Waals surface area contributed by atoms with E-state index in [1.807, 2.05) is 23.6 Å². The Morgan fingerprint density at radius 3 is 2.46 bits per heavy atom. The molecule has 1 aromatic heterocycles. The zero-order valence-corrected chi connectivity index (χ0v) is 20.7. The van der Waals surface area contributed by atoms with Crippen molar-refractivity contribution >= 4 is 51.9 Å². The highest BCUT2D eigenvalue weighted by Gasteiger charge is 2.28. The van der Waals surface area contributed by atoms with Gasteiger partial charge >= 0.3 is 5.97 Å². The van der Waals surface area contributed by atoms with Crippen LogP contribution in [0.3, 0.4) is 0 Å². The van der Waals surface area contributed by atoms with Gasteiger partial charge in [0.1, 0.15) is 4.88 Å². The molecule has 0 aliphatic carbocycles. The van der Waals surface area contributed by atoms with E-state index in [4.69, 9.17) is 9.47 Å². The van der Waals surface area contributed by atoms with Crippen molar-refractivity contribution in [1.82, 2.24) is 4.90 Å². The lowest BCUT2D eigenvalue weighted by Gasteiger charge is -2.36. The van der Waals surface area contributed by atoms with E-state index in [-0.39, 0.29) is 5.91 Å². The van der Waals surface area contributed by atoms with Gasteiger partial charge in [-0.25, -0.2) is 4.79 Å². The number of thiophene rings is 1. The van der Waals surface area contributed by atoms with Crippen LogP contribution in [0, 0.1) is 0 Å². The summed E-state index contributed by atoms with van der Waals surface area (Å²) in [6, 6.07) is 19.0. The second-order valence-electron chi connectivity index (χ2n) is 7.90. The predicted octanol–water partition coefficient (Wildman–Crippen LogP) is 4.77. The van der Waals surface area contributed by atoms with Crippen LogP contribution in [-0.4, -0.2) is 55.2 Å². The zero-order valence-electron chi connectivity index (χ0n) is 19.0. The molecule has 5 rings (SSSR count). The number of carbonyl (C=O) groups excluding carboxylic acids is 2. The van der Waals surface area contributed by atoms with Crippen LogP contribution in [0.2, 0.25) is 0 Å². The first-order chi connectivity index (χ1) is 17.1. The summed E-state index contributed by atoms with van der Waals surface area (Å²) in [5, 5.41) is 2.56. The Morgan fingerprint density at radius 2 is 1.74 bits per heavy atom. The molecule has 0 unspecified atom stereocenters. The maximum atomic E-state index is 12.6. The van der Waals surface area contributed by atoms with Gasteiger partial charge in [-0.1, -0.05) is 30.3 Å². The smallest absolute Gasteiger partial charge is 0.353 e. The number of hydrogen-bond acceptors (Lipinski definition) is 8. The molecule has 1 saturated heterocycles. The second kappa shape index (κ2) is 10.4. The molecule has 0 bridgehead atoms. The molecular formula is C26H23N3O4S2. The Morgan fingerprint density at radius 1 is 0.971 bits per heavy atom. The molecule has 1 fully saturated rings. The lowest BCUT2D eigenvalue weighted by molar-refractivity contribution is -0.113. The molecular weight excluding hydrogens is 482 g/mol. The summed E-state index contributed by atoms with van der Waals surface area (Å²) in [4.78, 5) is 34.8. The van der Waals surface area contributed by atoms with E-state index in [1.54, 1.807) is 36.4 Å². The second-order valence-corrected chi connectivity index (χ2v) is 9.85. The summed E-state index contributed by atoms with van der Waals surface area (Å²) in [5.74, 6) is 0.0588. The van der Waals surface area contributed by atoms with Gasteiger partial charge in [-0.3, -0.25) is 4.79 Å². The summed E-state index contributed by atoms with van der Waals surface area (Å²) in [7, 11) is 1.51. The van der Waals surface area contributed by atoms with E-state index in [1.165, 1.54) is 35.9 Å². The number of benzene rings is 2. The Hall–Kier alpha value is -3.56. The molecule has 2 aromatic carbocycles. The van der Waals surface area contributed by atoms with Gasteiger partial charge in [0.15, 0.2) is 16.7 Å². The fourth-order valence-corrected chi connectivity index (χ4v) is 5.45. The molecule has 7 nitrogen and oxygen atoms in total. The van der Waals surface area contributed by atoms with Crippen LogP contribution >= 0.6 is 23.1 Å². The maximum Gasteiger partial charge on any atom is 0.353 e. The Bertz CT molecular complexity index is 1280. The van der Waals surface area contributed by atoms with Crippen LogP contribution < -0.4 is 14.4 Å². The van der Waals surface area contributed by atoms with Crippen LogP contribution in [0.25, 0.3) is 6.08 Å². The molecule has 1 amide bonds. The first kappa shape index (κ1) is 23.2. The number of para-hydroxylation sites is 1. The Balaban J connectivity index is 1.24. The number of carbonyl (C=O) groups is 2. The first-order valence-corrected chi connectivity index (χ1v) is 12.8. The fourth-order valence-electron chi connectivity index (χ4n) is 3.88. The number of thioether (sulfide) groups is 1. The van der Waals surface area contributed by atoms with Crippen molar-refractivity contribution in [3.8, 4) is 11.5 Å². The van der Waals surface area contributed by atoms with Crippen LogP contribution in [0.4, 0.5) is 5.69 Å². The summed E-state index contributed by atoms with van der Waals surface area (Å²) in [5.41, 5.74) is 1.97. The van der Waals surface area contributed by atoms with Crippen LogP contribution in [0.1, 0.15) is 15.2 Å². The van der Waals surface area contributed by atoms with E-state index in [0.717, 1.165) is 36.9 Å². The summed E-state index contributed by atoms with van der Waals surface area (Å²) in [6.45, 7) is 3.36. The lowest BCUT2D eigenvalue weighted by Crippen LogP contribution is -2.47. The van der Waals surface area contributed by atoms with Crippen LogP contribution in [-0.2, 0) is 4.79 Å². The number of esters is 1. The number of anilines is 1. The molecule has 0 spiro atoms. The molecule has 35 heavy (non-hydrogen) atoms. The van der Waals surface area contributed by atoms with Crippen LogP contribution in [0.5, 0.6) is 11.5 Å². The Labute approximate surface area is 211 Å². The van der Waals surface area contributed by atoms with Crippen molar-refractivity contribution in [2.75, 3.05) is 38.2 Å². The van der Waals surface area contributed by atoms with Crippen molar-refractivity contribution in [2.45, 2.75) is 0 Å². The van der Waals surface area contributed by atoms with Gasteiger partial charge in [-0.05, 0) is 59.1 Å². The standard InChI is InChI=1S/C26H23N3O4S2/c1-32-21-16-18(9-10-20(21)33-25(31)22-8-5-15-34-22)17-23-24(30)27-26(35-23)29-13-11-28(12-14-29)19-6-3-2-4-7-19/h2-10,15-17H,11-14H2,1H3/b23-17+. The van der Waals surface area contributed by atoms with Gasteiger partial charge in [0.05, 0.1) is 12.0 Å². The van der Waals surface area contributed by atoms with Crippen molar-refractivity contribution in [3.63, 3.8) is 0 Å². The monoisotopic (exact) mass is 505 g/mol. The molecule has 2 aliphatic heterocycles. The van der Waals surface area contributed by atoms with E-state index in [0.29, 0.717) is 21.3 Å². The molecule has 178 valence electrons. The van der Waals surface area contributed by atoms with E-state index >= 15 is 0 Å². The summed E-state index contributed by atoms with van der Waals surface area (Å²) < 4.78 is 10.9. The average molecular weight is 506 g/mol. The number of amides is 1. The number of rotatable bonds is 5. The minimum atomic E-state index is -0.434. The molecule has 0 atom stereocenters. The van der Waals surface area contributed by atoms with Gasteiger partial charge in [-0.15, -0.1) is 11.3 Å². The summed E-state index contributed by atoms with van der Waals surface area (Å²) in [6.07, 6.45) is 1.79. The minimum Gasteiger partial charge on any atom is -0.493 e. The highest BCUT2D eigenvalue weighted by atomic mass is 32.2. The quantitative estimate of drug-likeness (QED) is 0.281. The zero-order chi connectivity index (χ0) is 24.2. The average Bonchev–Trinajstić information content (AvgIpc) is 3.56. The molecule has 0 radical (unpaired) electrons. The third-order valence-electron chi connectivity index (χ3n) is 5.69. The van der Waals surface area contributed by atoms with Gasteiger partial charge < -0.3 is 19.3 Å². The highest BCUT2D eigenvalue weighted by molar-refractivity contribution is 8.18. The van der Waals surface area contributed by atoms with Crippen molar-refractivity contribution in [3.05, 3.63) is 81.4 Å². The van der Waals surface area contributed by atoms with Crippen molar-refractivity contribution in [2.24, 2.45) is 4.99 Å². The molecule has 9 heteroatoms. The largest absolute Gasteiger partial charge is 0.493 e. The normalized spacial score (nSPS) is 17.0. The van der Waals surface area contributed by atoms with Gasteiger partial charge in [-0.2, -0.15) is 4.99 Å². The van der Waals surface area contributed by atoms with E-state index in [9.17, 15) is 9.59 Å². The number of aliphatic imine (C=N–C) groups is 1. The van der Waals surface area contributed by atoms with Crippen LogP contribution in [0.15, 0.2) is 75.9 Å². The van der Waals surface area contributed by atoms with Gasteiger partial charge in [0, 0.05) is 31.9 Å². The van der Waals surface area contributed by atoms with Crippen molar-refractivity contribution in [1.29, 1.82) is 0 Å². The minimum absolute atomic E-state index is 0.248. The number of nitrogens with zero attached hydrogens (tertiary/aromatic N) is 3. The summed E-state index contributed by atoms with van der Waals surface area (Å²) >= 11 is 2.70. The highest BCUT2D eigenvalue weighted by Crippen LogP contribution is 2.34. The van der Waals surface area contributed by atoms with Gasteiger partial charge in [0.2, 0.25) is 0 Å². The molecule has 3 heterocycles.